The Bertz CT molecular complexity index is 1340. The SMILES string of the molecule is O=C(CCC(=O)OC1=C/C=C\C=c2\ccc3ccccc3\c2=C\1)Nc1ncccc1Br. The number of hydrogen-bond acceptors (Lipinski definition) is 4. The number of carbonyl (C=O) groups is 2. The molecule has 2 aromatic carbocycles. The summed E-state index contributed by atoms with van der Waals surface area (Å²) in [6.45, 7) is 0. The van der Waals surface area contributed by atoms with E-state index in [1.807, 2.05) is 54.6 Å². The van der Waals surface area contributed by atoms with Crippen molar-refractivity contribution in [2.45, 2.75) is 12.8 Å². The molecule has 1 heterocycles. The summed E-state index contributed by atoms with van der Waals surface area (Å²) in [5.74, 6) is 0.0666. The van der Waals surface area contributed by atoms with Crippen LogP contribution in [0, 0.1) is 0 Å². The minimum Gasteiger partial charge on any atom is -0.426 e. The summed E-state index contributed by atoms with van der Waals surface area (Å²) in [6.07, 6.45) is 10.9. The molecule has 4 rings (SSSR count). The van der Waals surface area contributed by atoms with Crippen molar-refractivity contribution < 1.29 is 14.3 Å². The highest BCUT2D eigenvalue weighted by atomic mass is 79.9. The van der Waals surface area contributed by atoms with E-state index in [1.54, 1.807) is 24.4 Å². The predicted octanol–water partition coefficient (Wildman–Crippen LogP) is 3.97. The fourth-order valence-electron chi connectivity index (χ4n) is 3.25. The van der Waals surface area contributed by atoms with Crippen LogP contribution >= 0.6 is 15.9 Å². The number of halogens is 1. The maximum Gasteiger partial charge on any atom is 0.311 e. The topological polar surface area (TPSA) is 68.3 Å². The lowest BCUT2D eigenvalue weighted by molar-refractivity contribution is -0.140. The molecule has 0 saturated carbocycles. The van der Waals surface area contributed by atoms with Crippen molar-refractivity contribution in [2.24, 2.45) is 0 Å². The van der Waals surface area contributed by atoms with E-state index in [1.165, 1.54) is 0 Å². The molecule has 0 unspecified atom stereocenters. The molecule has 1 aliphatic carbocycles. The largest absolute Gasteiger partial charge is 0.426 e. The third-order valence-corrected chi connectivity index (χ3v) is 5.38. The lowest BCUT2D eigenvalue weighted by Gasteiger charge is -2.08. The molecule has 3 aromatic rings. The number of esters is 1. The maximum atomic E-state index is 12.4. The van der Waals surface area contributed by atoms with Crippen LogP contribution in [0.1, 0.15) is 12.8 Å². The Morgan fingerprint density at radius 3 is 2.68 bits per heavy atom. The molecule has 0 bridgehead atoms. The van der Waals surface area contributed by atoms with E-state index in [4.69, 9.17) is 4.74 Å². The summed E-state index contributed by atoms with van der Waals surface area (Å²) >= 11 is 3.33. The second-order valence-corrected chi connectivity index (χ2v) is 7.76. The van der Waals surface area contributed by atoms with Crippen LogP contribution in [0.2, 0.25) is 0 Å². The Hall–Kier alpha value is -3.51. The highest BCUT2D eigenvalue weighted by molar-refractivity contribution is 9.10. The second-order valence-electron chi connectivity index (χ2n) is 6.91. The highest BCUT2D eigenvalue weighted by Crippen LogP contribution is 2.18. The van der Waals surface area contributed by atoms with E-state index in [0.29, 0.717) is 16.0 Å². The quantitative estimate of drug-likeness (QED) is 0.568. The second kappa shape index (κ2) is 9.53. The molecule has 1 N–H and O–H groups in total. The van der Waals surface area contributed by atoms with E-state index in [9.17, 15) is 9.59 Å². The van der Waals surface area contributed by atoms with Crippen LogP contribution < -0.4 is 15.8 Å². The molecular weight excluding hydrogens is 456 g/mol. The maximum absolute atomic E-state index is 12.4. The number of benzene rings is 2. The van der Waals surface area contributed by atoms with Gasteiger partial charge >= 0.3 is 5.97 Å². The van der Waals surface area contributed by atoms with Crippen LogP contribution in [0.5, 0.6) is 0 Å². The Balaban J connectivity index is 1.47. The Morgan fingerprint density at radius 1 is 0.968 bits per heavy atom. The number of nitrogens with one attached hydrogen (secondary N) is 1. The van der Waals surface area contributed by atoms with Gasteiger partial charge in [-0.05, 0) is 61.4 Å². The highest BCUT2D eigenvalue weighted by Gasteiger charge is 2.12. The molecular formula is C25H19BrN2O3. The minimum absolute atomic E-state index is 0.00172. The molecule has 0 aliphatic heterocycles. The first-order valence-electron chi connectivity index (χ1n) is 9.79. The number of aromatic nitrogens is 1. The van der Waals surface area contributed by atoms with Gasteiger partial charge in [0.2, 0.25) is 5.91 Å². The molecule has 0 saturated heterocycles. The van der Waals surface area contributed by atoms with Crippen LogP contribution in [0.25, 0.3) is 22.9 Å². The number of ether oxygens (including phenoxy) is 1. The molecule has 1 aromatic heterocycles. The Labute approximate surface area is 187 Å². The molecule has 1 aliphatic rings. The van der Waals surface area contributed by atoms with Crippen LogP contribution in [0.15, 0.2) is 83.2 Å². The average Bonchev–Trinajstić information content (AvgIpc) is 2.76. The van der Waals surface area contributed by atoms with Crippen molar-refractivity contribution >= 4 is 56.5 Å². The fourth-order valence-corrected chi connectivity index (χ4v) is 3.61. The van der Waals surface area contributed by atoms with Gasteiger partial charge in [0.05, 0.1) is 10.9 Å². The number of fused-ring (bicyclic) bond motifs is 3. The van der Waals surface area contributed by atoms with Gasteiger partial charge in [-0.2, -0.15) is 0 Å². The zero-order valence-corrected chi connectivity index (χ0v) is 18.1. The number of anilines is 1. The Kier molecular flexibility index (Phi) is 6.38. The first-order valence-corrected chi connectivity index (χ1v) is 10.6. The van der Waals surface area contributed by atoms with Gasteiger partial charge in [-0.15, -0.1) is 0 Å². The molecule has 0 spiro atoms. The lowest BCUT2D eigenvalue weighted by atomic mass is 10.0. The van der Waals surface area contributed by atoms with Crippen LogP contribution in [0.4, 0.5) is 5.82 Å². The van der Waals surface area contributed by atoms with Gasteiger partial charge in [-0.25, -0.2) is 4.98 Å². The van der Waals surface area contributed by atoms with E-state index >= 15 is 0 Å². The van der Waals surface area contributed by atoms with Crippen molar-refractivity contribution in [3.05, 3.63) is 93.6 Å². The summed E-state index contributed by atoms with van der Waals surface area (Å²) in [4.78, 5) is 28.6. The minimum atomic E-state index is -0.475. The predicted molar refractivity (Wildman–Crippen MR) is 125 cm³/mol. The summed E-state index contributed by atoms with van der Waals surface area (Å²) in [6, 6.07) is 15.7. The lowest BCUT2D eigenvalue weighted by Crippen LogP contribution is -2.26. The van der Waals surface area contributed by atoms with E-state index in [-0.39, 0.29) is 18.7 Å². The molecule has 0 atom stereocenters. The van der Waals surface area contributed by atoms with E-state index in [2.05, 4.69) is 32.3 Å². The first-order chi connectivity index (χ1) is 15.1. The first kappa shape index (κ1) is 20.8. The van der Waals surface area contributed by atoms with Gasteiger partial charge in [0, 0.05) is 12.6 Å². The van der Waals surface area contributed by atoms with Crippen molar-refractivity contribution in [3.8, 4) is 0 Å². The summed E-state index contributed by atoms with van der Waals surface area (Å²) in [7, 11) is 0. The smallest absolute Gasteiger partial charge is 0.311 e. The fraction of sp³-hybridized carbons (Fsp3) is 0.0800. The van der Waals surface area contributed by atoms with E-state index < -0.39 is 5.97 Å². The average molecular weight is 475 g/mol. The standard InChI is InChI=1S/C25H19BrN2O3/c26-22-10-5-15-27-25(22)28-23(29)13-14-24(30)31-19-8-3-1-7-18-12-11-17-6-2-4-9-20(17)21(18)16-19/h1-12,15-16H,13-14H2,(H,27,28,29)/b3-1-,7-1?,8-3?,18-7-,19-8+,19-16?,21-16+. The molecule has 1 amide bonds. The van der Waals surface area contributed by atoms with Crippen LogP contribution in [0.3, 0.4) is 0 Å². The third kappa shape index (κ3) is 5.16. The van der Waals surface area contributed by atoms with E-state index in [0.717, 1.165) is 21.2 Å². The normalized spacial score (nSPS) is 17.4. The van der Waals surface area contributed by atoms with Crippen molar-refractivity contribution in [2.75, 3.05) is 5.32 Å². The van der Waals surface area contributed by atoms with Crippen LogP contribution in [-0.2, 0) is 14.3 Å². The summed E-state index contributed by atoms with van der Waals surface area (Å²) in [5.41, 5.74) is 0. The van der Waals surface area contributed by atoms with Crippen molar-refractivity contribution in [3.63, 3.8) is 0 Å². The molecule has 0 fully saturated rings. The zero-order chi connectivity index (χ0) is 21.6. The van der Waals surface area contributed by atoms with Crippen molar-refractivity contribution in [1.29, 1.82) is 0 Å². The molecule has 0 radical (unpaired) electrons. The molecule has 154 valence electrons. The van der Waals surface area contributed by atoms with Gasteiger partial charge in [-0.3, -0.25) is 9.59 Å². The number of nitrogens with zero attached hydrogens (tertiary/aromatic N) is 1. The molecule has 5 nitrogen and oxygen atoms in total. The zero-order valence-electron chi connectivity index (χ0n) is 16.5. The van der Waals surface area contributed by atoms with Crippen molar-refractivity contribution in [1.82, 2.24) is 4.98 Å². The third-order valence-electron chi connectivity index (χ3n) is 4.74. The summed E-state index contributed by atoms with van der Waals surface area (Å²) < 4.78 is 6.23. The van der Waals surface area contributed by atoms with Crippen LogP contribution in [-0.4, -0.2) is 16.9 Å². The van der Waals surface area contributed by atoms with Gasteiger partial charge < -0.3 is 10.1 Å². The summed E-state index contributed by atoms with van der Waals surface area (Å²) in [5, 5.41) is 6.89. The number of amides is 1. The van der Waals surface area contributed by atoms with Gasteiger partial charge in [-0.1, -0.05) is 54.6 Å². The number of rotatable bonds is 5. The molecule has 31 heavy (non-hydrogen) atoms. The number of hydrogen-bond donors (Lipinski definition) is 1. The number of carbonyl (C=O) groups excluding carboxylic acids is 2. The Morgan fingerprint density at radius 2 is 1.81 bits per heavy atom. The van der Waals surface area contributed by atoms with Gasteiger partial charge in [0.15, 0.2) is 0 Å². The monoisotopic (exact) mass is 474 g/mol. The molecule has 6 heteroatoms. The van der Waals surface area contributed by atoms with Gasteiger partial charge in [0.1, 0.15) is 11.6 Å². The number of pyridine rings is 1. The van der Waals surface area contributed by atoms with Gasteiger partial charge in [0.25, 0.3) is 0 Å². The number of allylic oxidation sites excluding steroid dienone is 4.